The van der Waals surface area contributed by atoms with E-state index in [-0.39, 0.29) is 5.69 Å². The Morgan fingerprint density at radius 2 is 1.87 bits per heavy atom. The van der Waals surface area contributed by atoms with Crippen molar-refractivity contribution >= 4 is 0 Å². The third kappa shape index (κ3) is 3.94. The fraction of sp³-hybridized carbons (Fsp3) is 0.318. The molecule has 4 aromatic rings. The van der Waals surface area contributed by atoms with E-state index in [0.29, 0.717) is 12.4 Å². The zero-order valence-electron chi connectivity index (χ0n) is 17.2. The standard InChI is InChI=1S/C22H25N7O/c1-3-5-18-15-28(12-4-2)22(30)29(18)14-16-6-8-17(9-7-16)19-10-11-23-13-20(19)21-24-26-27-25-21/h6-11,13,15H,3-5,12,14H2,1-2H3,(H,24,25,26,27). The molecule has 0 saturated carbocycles. The largest absolute Gasteiger partial charge is 0.328 e. The van der Waals surface area contributed by atoms with E-state index in [1.165, 1.54) is 0 Å². The number of tetrazole rings is 1. The number of aryl methyl sites for hydroxylation is 2. The van der Waals surface area contributed by atoms with Gasteiger partial charge >= 0.3 is 5.69 Å². The highest BCUT2D eigenvalue weighted by atomic mass is 16.1. The minimum Gasteiger partial charge on any atom is -0.299 e. The van der Waals surface area contributed by atoms with Crippen molar-refractivity contribution in [2.24, 2.45) is 0 Å². The summed E-state index contributed by atoms with van der Waals surface area (Å²) < 4.78 is 3.72. The van der Waals surface area contributed by atoms with Crippen LogP contribution in [0.5, 0.6) is 0 Å². The highest BCUT2D eigenvalue weighted by Crippen LogP contribution is 2.29. The summed E-state index contributed by atoms with van der Waals surface area (Å²) in [5.41, 5.74) is 5.08. The van der Waals surface area contributed by atoms with Crippen LogP contribution in [0, 0.1) is 0 Å². The summed E-state index contributed by atoms with van der Waals surface area (Å²) in [6.45, 7) is 5.54. The summed E-state index contributed by atoms with van der Waals surface area (Å²) in [6, 6.07) is 10.2. The van der Waals surface area contributed by atoms with Crippen molar-refractivity contribution in [3.8, 4) is 22.5 Å². The van der Waals surface area contributed by atoms with Gasteiger partial charge in [0.05, 0.1) is 6.54 Å². The molecule has 0 spiro atoms. The lowest BCUT2D eigenvalue weighted by molar-refractivity contribution is 0.619. The number of H-pyrrole nitrogens is 1. The van der Waals surface area contributed by atoms with Crippen molar-refractivity contribution in [2.45, 2.75) is 46.2 Å². The number of hydrogen-bond acceptors (Lipinski definition) is 5. The molecular formula is C22H25N7O. The van der Waals surface area contributed by atoms with Gasteiger partial charge in [-0.25, -0.2) is 4.79 Å². The Morgan fingerprint density at radius 1 is 1.03 bits per heavy atom. The summed E-state index contributed by atoms with van der Waals surface area (Å²) in [5.74, 6) is 0.509. The van der Waals surface area contributed by atoms with Gasteiger partial charge in [-0.15, -0.1) is 10.2 Å². The minimum absolute atomic E-state index is 0.0675. The Labute approximate surface area is 174 Å². The van der Waals surface area contributed by atoms with Gasteiger partial charge in [-0.05, 0) is 40.8 Å². The van der Waals surface area contributed by atoms with E-state index in [0.717, 1.165) is 53.8 Å². The lowest BCUT2D eigenvalue weighted by Crippen LogP contribution is -2.25. The van der Waals surface area contributed by atoms with Crippen LogP contribution in [0.15, 0.2) is 53.7 Å². The van der Waals surface area contributed by atoms with Crippen molar-refractivity contribution in [2.75, 3.05) is 0 Å². The monoisotopic (exact) mass is 403 g/mol. The molecule has 30 heavy (non-hydrogen) atoms. The van der Waals surface area contributed by atoms with E-state index in [1.54, 1.807) is 12.4 Å². The fourth-order valence-corrected chi connectivity index (χ4v) is 3.68. The maximum absolute atomic E-state index is 12.8. The predicted octanol–water partition coefficient (Wildman–Crippen LogP) is 3.30. The highest BCUT2D eigenvalue weighted by molar-refractivity contribution is 5.79. The molecule has 3 aromatic heterocycles. The van der Waals surface area contributed by atoms with Gasteiger partial charge in [0.1, 0.15) is 0 Å². The maximum atomic E-state index is 12.8. The molecule has 0 unspecified atom stereocenters. The molecule has 154 valence electrons. The molecule has 1 N–H and O–H groups in total. The van der Waals surface area contributed by atoms with E-state index < -0.39 is 0 Å². The molecule has 1 aromatic carbocycles. The number of benzene rings is 1. The number of imidazole rings is 1. The van der Waals surface area contributed by atoms with E-state index in [9.17, 15) is 4.79 Å². The molecule has 4 rings (SSSR count). The number of rotatable bonds is 8. The van der Waals surface area contributed by atoms with Gasteiger partial charge in [-0.2, -0.15) is 5.21 Å². The topological polar surface area (TPSA) is 94.3 Å². The molecule has 0 aliphatic carbocycles. The second-order valence-electron chi connectivity index (χ2n) is 7.29. The molecule has 0 amide bonds. The van der Waals surface area contributed by atoms with Crippen molar-refractivity contribution < 1.29 is 0 Å². The van der Waals surface area contributed by atoms with Gasteiger partial charge in [-0.1, -0.05) is 44.5 Å². The van der Waals surface area contributed by atoms with Gasteiger partial charge in [-0.3, -0.25) is 14.1 Å². The van der Waals surface area contributed by atoms with E-state index >= 15 is 0 Å². The molecule has 8 heteroatoms. The molecule has 0 saturated heterocycles. The van der Waals surface area contributed by atoms with Crippen LogP contribution in [0.2, 0.25) is 0 Å². The first kappa shape index (κ1) is 19.8. The van der Waals surface area contributed by atoms with Crippen molar-refractivity contribution in [3.05, 3.63) is 70.7 Å². The molecule has 0 fully saturated rings. The average Bonchev–Trinajstić information content (AvgIpc) is 3.40. The summed E-state index contributed by atoms with van der Waals surface area (Å²) in [5, 5.41) is 14.3. The van der Waals surface area contributed by atoms with Crippen molar-refractivity contribution in [1.29, 1.82) is 0 Å². The van der Waals surface area contributed by atoms with Crippen molar-refractivity contribution in [3.63, 3.8) is 0 Å². The zero-order valence-corrected chi connectivity index (χ0v) is 17.2. The Kier molecular flexibility index (Phi) is 5.83. The van der Waals surface area contributed by atoms with Crippen LogP contribution < -0.4 is 5.69 Å². The lowest BCUT2D eigenvalue weighted by atomic mass is 10.00. The quantitative estimate of drug-likeness (QED) is 0.487. The van der Waals surface area contributed by atoms with E-state index in [4.69, 9.17) is 0 Å². The Morgan fingerprint density at radius 3 is 2.57 bits per heavy atom. The molecule has 8 nitrogen and oxygen atoms in total. The first-order chi connectivity index (χ1) is 14.7. The summed E-state index contributed by atoms with van der Waals surface area (Å²) in [6.07, 6.45) is 8.35. The van der Waals surface area contributed by atoms with Crippen LogP contribution in [0.4, 0.5) is 0 Å². The first-order valence-electron chi connectivity index (χ1n) is 10.3. The van der Waals surface area contributed by atoms with Crippen LogP contribution in [-0.2, 0) is 19.5 Å². The number of aromatic nitrogens is 7. The summed E-state index contributed by atoms with van der Waals surface area (Å²) in [4.78, 5) is 17.0. The van der Waals surface area contributed by atoms with Crippen LogP contribution in [0.1, 0.15) is 37.9 Å². The second-order valence-corrected chi connectivity index (χ2v) is 7.29. The number of hydrogen-bond donors (Lipinski definition) is 1. The summed E-state index contributed by atoms with van der Waals surface area (Å²) in [7, 11) is 0. The fourth-order valence-electron chi connectivity index (χ4n) is 3.68. The minimum atomic E-state index is 0.0675. The van der Waals surface area contributed by atoms with Gasteiger partial charge in [0.15, 0.2) is 0 Å². The van der Waals surface area contributed by atoms with Crippen LogP contribution in [0.25, 0.3) is 22.5 Å². The SMILES string of the molecule is CCCc1cn(CCC)c(=O)n1Cc1ccc(-c2ccncc2-c2nn[nH]n2)cc1. The second kappa shape index (κ2) is 8.86. The van der Waals surface area contributed by atoms with Crippen molar-refractivity contribution in [1.82, 2.24) is 34.7 Å². The molecule has 0 bridgehead atoms. The number of nitrogens with one attached hydrogen (secondary N) is 1. The number of aromatic amines is 1. The Bertz CT molecular complexity index is 1160. The smallest absolute Gasteiger partial charge is 0.299 e. The van der Waals surface area contributed by atoms with Crippen LogP contribution in [0.3, 0.4) is 0 Å². The Balaban J connectivity index is 1.63. The van der Waals surface area contributed by atoms with Gasteiger partial charge in [0.25, 0.3) is 0 Å². The molecule has 0 radical (unpaired) electrons. The normalized spacial score (nSPS) is 11.1. The van der Waals surface area contributed by atoms with E-state index in [1.807, 2.05) is 21.4 Å². The number of pyridine rings is 1. The molecule has 0 atom stereocenters. The van der Waals surface area contributed by atoms with Gasteiger partial charge in [0, 0.05) is 36.4 Å². The van der Waals surface area contributed by atoms with E-state index in [2.05, 4.69) is 63.7 Å². The maximum Gasteiger partial charge on any atom is 0.328 e. The van der Waals surface area contributed by atoms with Crippen LogP contribution >= 0.6 is 0 Å². The molecule has 3 heterocycles. The highest BCUT2D eigenvalue weighted by Gasteiger charge is 2.13. The lowest BCUT2D eigenvalue weighted by Gasteiger charge is -2.09. The van der Waals surface area contributed by atoms with Gasteiger partial charge < -0.3 is 0 Å². The van der Waals surface area contributed by atoms with Crippen LogP contribution in [-0.4, -0.2) is 34.7 Å². The third-order valence-corrected chi connectivity index (χ3v) is 5.11. The number of nitrogens with zero attached hydrogens (tertiary/aromatic N) is 6. The zero-order chi connectivity index (χ0) is 20.9. The summed E-state index contributed by atoms with van der Waals surface area (Å²) >= 11 is 0. The Hall–Kier alpha value is -3.55. The predicted molar refractivity (Wildman–Crippen MR) is 115 cm³/mol. The molecular weight excluding hydrogens is 378 g/mol. The average molecular weight is 403 g/mol. The third-order valence-electron chi connectivity index (χ3n) is 5.11. The molecule has 0 aliphatic heterocycles. The van der Waals surface area contributed by atoms with Gasteiger partial charge in [0.2, 0.25) is 5.82 Å². The molecule has 0 aliphatic rings. The first-order valence-corrected chi connectivity index (χ1v) is 10.3.